The zero-order valence-corrected chi connectivity index (χ0v) is 9.72. The van der Waals surface area contributed by atoms with Crippen molar-refractivity contribution in [2.45, 2.75) is 26.8 Å². The average molecular weight is 206 g/mol. The Morgan fingerprint density at radius 1 is 1.33 bits per heavy atom. The first-order valence-electron chi connectivity index (χ1n) is 5.14. The predicted molar refractivity (Wildman–Crippen MR) is 63.3 cm³/mol. The normalized spacial score (nSPS) is 10.2. The second kappa shape index (κ2) is 4.82. The Labute approximate surface area is 90.9 Å². The largest absolute Gasteiger partial charge is 0.383 e. The number of benzene rings is 1. The van der Waals surface area contributed by atoms with Crippen LogP contribution >= 0.6 is 0 Å². The molecule has 0 atom stereocenters. The van der Waals surface area contributed by atoms with Gasteiger partial charge in [0.15, 0.2) is 0 Å². The summed E-state index contributed by atoms with van der Waals surface area (Å²) >= 11 is 0. The van der Waals surface area contributed by atoms with Crippen LogP contribution in [-0.4, -0.2) is 19.0 Å². The monoisotopic (exact) mass is 206 g/mol. The van der Waals surface area contributed by atoms with Crippen molar-refractivity contribution in [2.24, 2.45) is 0 Å². The lowest BCUT2D eigenvalue weighted by Crippen LogP contribution is -2.18. The van der Waals surface area contributed by atoms with Gasteiger partial charge in [-0.05, 0) is 44.5 Å². The highest BCUT2D eigenvalue weighted by Crippen LogP contribution is 2.17. The van der Waals surface area contributed by atoms with Crippen LogP contribution in [0.15, 0.2) is 18.2 Å². The minimum absolute atomic E-state index is 0.0470. The van der Waals surface area contributed by atoms with Crippen molar-refractivity contribution >= 4 is 11.6 Å². The molecule has 82 valence electrons. The fraction of sp³-hybridized carbons (Fsp3) is 0.417. The Balaban J connectivity index is 2.93. The molecule has 0 fully saturated rings. The number of amides is 1. The highest BCUT2D eigenvalue weighted by molar-refractivity contribution is 5.94. The molecule has 0 aliphatic carbocycles. The molecule has 0 heterocycles. The second-order valence-electron chi connectivity index (χ2n) is 3.91. The minimum Gasteiger partial charge on any atom is -0.383 e. The first-order chi connectivity index (χ1) is 7.04. The molecule has 0 bridgehead atoms. The molecule has 3 nitrogen and oxygen atoms in total. The molecular formula is C12H18N2O. The van der Waals surface area contributed by atoms with Crippen LogP contribution in [0.3, 0.4) is 0 Å². The number of rotatable bonds is 3. The molecule has 0 saturated carbocycles. The van der Waals surface area contributed by atoms with Gasteiger partial charge in [0.2, 0.25) is 0 Å². The zero-order chi connectivity index (χ0) is 11.4. The zero-order valence-electron chi connectivity index (χ0n) is 9.72. The Kier molecular flexibility index (Phi) is 3.72. The molecule has 0 saturated heterocycles. The highest BCUT2D eigenvalue weighted by Gasteiger charge is 2.05. The van der Waals surface area contributed by atoms with Crippen LogP contribution in [0.4, 0.5) is 5.69 Å². The van der Waals surface area contributed by atoms with Crippen LogP contribution in [-0.2, 0) is 0 Å². The van der Waals surface area contributed by atoms with Crippen LogP contribution in [0.1, 0.15) is 29.8 Å². The highest BCUT2D eigenvalue weighted by atomic mass is 16.1. The summed E-state index contributed by atoms with van der Waals surface area (Å²) in [5.74, 6) is -0.0470. The van der Waals surface area contributed by atoms with Crippen LogP contribution in [0.5, 0.6) is 0 Å². The number of hydrogen-bond acceptors (Lipinski definition) is 2. The fourth-order valence-corrected chi connectivity index (χ4v) is 1.42. The molecule has 1 amide bonds. The molecule has 3 heteroatoms. The van der Waals surface area contributed by atoms with Crippen LogP contribution in [0.25, 0.3) is 0 Å². The van der Waals surface area contributed by atoms with E-state index < -0.39 is 0 Å². The van der Waals surface area contributed by atoms with Gasteiger partial charge in [0, 0.05) is 24.3 Å². The van der Waals surface area contributed by atoms with Crippen LogP contribution in [0.2, 0.25) is 0 Å². The van der Waals surface area contributed by atoms with Gasteiger partial charge in [0.05, 0.1) is 0 Å². The smallest absolute Gasteiger partial charge is 0.251 e. The summed E-state index contributed by atoms with van der Waals surface area (Å²) in [6, 6.07) is 6.06. The van der Waals surface area contributed by atoms with Crippen molar-refractivity contribution in [3.8, 4) is 0 Å². The van der Waals surface area contributed by atoms with Gasteiger partial charge in [-0.2, -0.15) is 0 Å². The van der Waals surface area contributed by atoms with E-state index >= 15 is 0 Å². The van der Waals surface area contributed by atoms with Gasteiger partial charge in [-0.1, -0.05) is 0 Å². The molecule has 0 aliphatic rings. The quantitative estimate of drug-likeness (QED) is 0.795. The first-order valence-corrected chi connectivity index (χ1v) is 5.14. The standard InChI is InChI=1S/C12H18N2O/c1-8(2)14-11-6-5-10(7-9(11)3)12(15)13-4/h5-8,14H,1-4H3,(H,13,15). The van der Waals surface area contributed by atoms with E-state index in [2.05, 4.69) is 24.5 Å². The summed E-state index contributed by atoms with van der Waals surface area (Å²) in [5.41, 5.74) is 2.87. The molecule has 0 aliphatic heterocycles. The maximum Gasteiger partial charge on any atom is 0.251 e. The van der Waals surface area contributed by atoms with Crippen molar-refractivity contribution in [1.82, 2.24) is 5.32 Å². The number of aryl methyl sites for hydroxylation is 1. The number of anilines is 1. The Hall–Kier alpha value is -1.51. The van der Waals surface area contributed by atoms with Crippen molar-refractivity contribution in [1.29, 1.82) is 0 Å². The SMILES string of the molecule is CNC(=O)c1ccc(NC(C)C)c(C)c1. The van der Waals surface area contributed by atoms with E-state index in [0.29, 0.717) is 11.6 Å². The van der Waals surface area contributed by atoms with E-state index in [9.17, 15) is 4.79 Å². The molecule has 2 N–H and O–H groups in total. The number of carbonyl (C=O) groups excluding carboxylic acids is 1. The van der Waals surface area contributed by atoms with Crippen LogP contribution < -0.4 is 10.6 Å². The summed E-state index contributed by atoms with van der Waals surface area (Å²) in [6.45, 7) is 6.18. The van der Waals surface area contributed by atoms with Crippen molar-refractivity contribution in [3.63, 3.8) is 0 Å². The molecule has 0 radical (unpaired) electrons. The summed E-state index contributed by atoms with van der Waals surface area (Å²) in [7, 11) is 1.64. The van der Waals surface area contributed by atoms with E-state index in [4.69, 9.17) is 0 Å². The Bertz CT molecular complexity index is 359. The van der Waals surface area contributed by atoms with E-state index in [1.165, 1.54) is 0 Å². The number of carbonyl (C=O) groups is 1. The van der Waals surface area contributed by atoms with Crippen molar-refractivity contribution < 1.29 is 4.79 Å². The van der Waals surface area contributed by atoms with Crippen molar-refractivity contribution in [3.05, 3.63) is 29.3 Å². The predicted octanol–water partition coefficient (Wildman–Crippen LogP) is 2.17. The fourth-order valence-electron chi connectivity index (χ4n) is 1.42. The molecule has 0 aromatic heterocycles. The van der Waals surface area contributed by atoms with Gasteiger partial charge in [-0.3, -0.25) is 4.79 Å². The summed E-state index contributed by atoms with van der Waals surface area (Å²) in [6.07, 6.45) is 0. The average Bonchev–Trinajstić information content (AvgIpc) is 2.19. The van der Waals surface area contributed by atoms with Gasteiger partial charge < -0.3 is 10.6 Å². The second-order valence-corrected chi connectivity index (χ2v) is 3.91. The summed E-state index contributed by atoms with van der Waals surface area (Å²) < 4.78 is 0. The number of hydrogen-bond donors (Lipinski definition) is 2. The molecule has 1 aromatic carbocycles. The molecule has 1 rings (SSSR count). The molecule has 15 heavy (non-hydrogen) atoms. The van der Waals surface area contributed by atoms with E-state index in [0.717, 1.165) is 11.3 Å². The maximum absolute atomic E-state index is 11.4. The van der Waals surface area contributed by atoms with Gasteiger partial charge in [0.25, 0.3) is 5.91 Å². The molecule has 0 unspecified atom stereocenters. The van der Waals surface area contributed by atoms with E-state index in [-0.39, 0.29) is 5.91 Å². The van der Waals surface area contributed by atoms with Crippen molar-refractivity contribution in [2.75, 3.05) is 12.4 Å². The Morgan fingerprint density at radius 2 is 2.00 bits per heavy atom. The van der Waals surface area contributed by atoms with Crippen LogP contribution in [0, 0.1) is 6.92 Å². The number of nitrogens with one attached hydrogen (secondary N) is 2. The summed E-state index contributed by atoms with van der Waals surface area (Å²) in [4.78, 5) is 11.4. The van der Waals surface area contributed by atoms with E-state index in [1.807, 2.05) is 25.1 Å². The van der Waals surface area contributed by atoms with E-state index in [1.54, 1.807) is 7.05 Å². The minimum atomic E-state index is -0.0470. The third-order valence-corrected chi connectivity index (χ3v) is 2.16. The third-order valence-electron chi connectivity index (χ3n) is 2.16. The molecular weight excluding hydrogens is 188 g/mol. The molecule has 1 aromatic rings. The summed E-state index contributed by atoms with van der Waals surface area (Å²) in [5, 5.41) is 5.93. The lowest BCUT2D eigenvalue weighted by atomic mass is 10.1. The van der Waals surface area contributed by atoms with Gasteiger partial charge >= 0.3 is 0 Å². The topological polar surface area (TPSA) is 41.1 Å². The molecule has 0 spiro atoms. The first kappa shape index (κ1) is 11.6. The lowest BCUT2D eigenvalue weighted by molar-refractivity contribution is 0.0963. The van der Waals surface area contributed by atoms with Gasteiger partial charge in [-0.15, -0.1) is 0 Å². The third kappa shape index (κ3) is 2.98. The van der Waals surface area contributed by atoms with Gasteiger partial charge in [0.1, 0.15) is 0 Å². The lowest BCUT2D eigenvalue weighted by Gasteiger charge is -2.13. The van der Waals surface area contributed by atoms with Gasteiger partial charge in [-0.25, -0.2) is 0 Å². The Morgan fingerprint density at radius 3 is 2.47 bits per heavy atom. The maximum atomic E-state index is 11.4.